The zero-order chi connectivity index (χ0) is 28.4. The standard InChI is InChI=1S/C30H41N7O4/c1-40-25(38)13-6-3-8-18-31-29(39)21-14-16-23(17-15-21)34-30-35-27(33-22-10-4-2-5-11-22)26-28(36-30)37(20-32-26)24-12-7-9-19-41-24/h14-17,20,22,24H,2-13,18-19H2,1H3,(H,31,39)(H2,33,34,35,36). The number of ether oxygens (including phenoxy) is 2. The highest BCUT2D eigenvalue weighted by Gasteiger charge is 2.23. The Morgan fingerprint density at radius 2 is 1.80 bits per heavy atom. The molecule has 1 saturated heterocycles. The van der Waals surface area contributed by atoms with Crippen LogP contribution >= 0.6 is 0 Å². The fraction of sp³-hybridized carbons (Fsp3) is 0.567. The van der Waals surface area contributed by atoms with Gasteiger partial charge in [0.1, 0.15) is 6.23 Å². The summed E-state index contributed by atoms with van der Waals surface area (Å²) in [5.74, 6) is 0.880. The van der Waals surface area contributed by atoms with Gasteiger partial charge >= 0.3 is 5.97 Å². The topological polar surface area (TPSA) is 132 Å². The second-order valence-electron chi connectivity index (χ2n) is 10.9. The van der Waals surface area contributed by atoms with Crippen LogP contribution in [0.15, 0.2) is 30.6 Å². The van der Waals surface area contributed by atoms with Crippen molar-refractivity contribution < 1.29 is 19.1 Å². The van der Waals surface area contributed by atoms with Crippen LogP contribution < -0.4 is 16.0 Å². The minimum Gasteiger partial charge on any atom is -0.469 e. The summed E-state index contributed by atoms with van der Waals surface area (Å²) in [4.78, 5) is 38.1. The van der Waals surface area contributed by atoms with E-state index in [9.17, 15) is 9.59 Å². The Balaban J connectivity index is 1.25. The van der Waals surface area contributed by atoms with Gasteiger partial charge in [-0.2, -0.15) is 9.97 Å². The molecule has 1 aliphatic heterocycles. The molecule has 11 heteroatoms. The zero-order valence-electron chi connectivity index (χ0n) is 23.9. The number of carbonyl (C=O) groups is 2. The quantitative estimate of drug-likeness (QED) is 0.194. The molecule has 41 heavy (non-hydrogen) atoms. The highest BCUT2D eigenvalue weighted by molar-refractivity contribution is 5.94. The molecule has 1 amide bonds. The largest absolute Gasteiger partial charge is 0.469 e. The second-order valence-corrected chi connectivity index (χ2v) is 10.9. The molecule has 11 nitrogen and oxygen atoms in total. The SMILES string of the molecule is COC(=O)CCCCCNC(=O)c1ccc(Nc2nc(NC3CCCCC3)c3ncn(C4CCCCO4)c3n2)cc1. The van der Waals surface area contributed by atoms with E-state index in [1.54, 1.807) is 12.1 Å². The maximum absolute atomic E-state index is 12.6. The number of imidazole rings is 1. The maximum atomic E-state index is 12.6. The van der Waals surface area contributed by atoms with E-state index in [2.05, 4.69) is 20.7 Å². The number of carbonyl (C=O) groups excluding carboxylic acids is 2. The molecule has 5 rings (SSSR count). The average Bonchev–Trinajstić information content (AvgIpc) is 3.44. The Morgan fingerprint density at radius 1 is 1.00 bits per heavy atom. The van der Waals surface area contributed by atoms with Crippen molar-refractivity contribution in [3.63, 3.8) is 0 Å². The molecule has 3 heterocycles. The van der Waals surface area contributed by atoms with Crippen LogP contribution in [-0.2, 0) is 14.3 Å². The highest BCUT2D eigenvalue weighted by Crippen LogP contribution is 2.31. The minimum absolute atomic E-state index is 0.0790. The molecule has 2 aromatic heterocycles. The summed E-state index contributed by atoms with van der Waals surface area (Å²) < 4.78 is 12.7. The van der Waals surface area contributed by atoms with Gasteiger partial charge in [-0.25, -0.2) is 4.98 Å². The van der Waals surface area contributed by atoms with Gasteiger partial charge in [0.15, 0.2) is 17.0 Å². The molecule has 220 valence electrons. The number of esters is 1. The third-order valence-corrected chi connectivity index (χ3v) is 7.81. The van der Waals surface area contributed by atoms with Gasteiger partial charge < -0.3 is 25.4 Å². The second kappa shape index (κ2) is 14.2. The van der Waals surface area contributed by atoms with Crippen molar-refractivity contribution in [3.05, 3.63) is 36.2 Å². The lowest BCUT2D eigenvalue weighted by molar-refractivity contribution is -0.140. The fourth-order valence-corrected chi connectivity index (χ4v) is 5.48. The van der Waals surface area contributed by atoms with E-state index in [-0.39, 0.29) is 18.1 Å². The molecule has 2 fully saturated rings. The number of fused-ring (bicyclic) bond motifs is 1. The van der Waals surface area contributed by atoms with Gasteiger partial charge in [-0.05, 0) is 69.2 Å². The van der Waals surface area contributed by atoms with E-state index < -0.39 is 0 Å². The third-order valence-electron chi connectivity index (χ3n) is 7.81. The van der Waals surface area contributed by atoms with Gasteiger partial charge in [0.25, 0.3) is 5.91 Å². The first kappa shape index (κ1) is 28.8. The number of methoxy groups -OCH3 is 1. The van der Waals surface area contributed by atoms with Gasteiger partial charge in [0, 0.05) is 36.9 Å². The van der Waals surface area contributed by atoms with E-state index >= 15 is 0 Å². The summed E-state index contributed by atoms with van der Waals surface area (Å²) in [6, 6.07) is 7.66. The molecular weight excluding hydrogens is 522 g/mol. The number of unbranched alkanes of at least 4 members (excludes halogenated alkanes) is 2. The molecule has 0 spiro atoms. The molecule has 0 bridgehead atoms. The summed E-state index contributed by atoms with van der Waals surface area (Å²) in [5.41, 5.74) is 2.86. The fourth-order valence-electron chi connectivity index (χ4n) is 5.48. The third kappa shape index (κ3) is 7.72. The number of rotatable bonds is 12. The van der Waals surface area contributed by atoms with Crippen LogP contribution in [-0.4, -0.2) is 57.7 Å². The zero-order valence-corrected chi connectivity index (χ0v) is 23.9. The molecule has 1 atom stereocenters. The van der Waals surface area contributed by atoms with Gasteiger partial charge in [0.2, 0.25) is 5.95 Å². The smallest absolute Gasteiger partial charge is 0.305 e. The van der Waals surface area contributed by atoms with Gasteiger partial charge in [0.05, 0.1) is 13.4 Å². The molecule has 0 radical (unpaired) electrons. The Kier molecular flexibility index (Phi) is 10.0. The number of hydrogen-bond donors (Lipinski definition) is 3. The molecular formula is C30H41N7O4. The van der Waals surface area contributed by atoms with Crippen molar-refractivity contribution in [1.29, 1.82) is 0 Å². The van der Waals surface area contributed by atoms with Crippen molar-refractivity contribution >= 4 is 40.5 Å². The van der Waals surface area contributed by atoms with Crippen LogP contribution in [0.1, 0.15) is 93.6 Å². The molecule has 1 unspecified atom stereocenters. The summed E-state index contributed by atoms with van der Waals surface area (Å²) in [6.45, 7) is 1.30. The first-order valence-corrected chi connectivity index (χ1v) is 15.0. The molecule has 2 aliphatic rings. The van der Waals surface area contributed by atoms with Crippen LogP contribution in [0.2, 0.25) is 0 Å². The number of hydrogen-bond acceptors (Lipinski definition) is 9. The van der Waals surface area contributed by atoms with Crippen LogP contribution in [0.3, 0.4) is 0 Å². The lowest BCUT2D eigenvalue weighted by Gasteiger charge is -2.25. The minimum atomic E-state index is -0.200. The Bertz CT molecular complexity index is 1300. The average molecular weight is 564 g/mol. The Labute approximate surface area is 240 Å². The summed E-state index contributed by atoms with van der Waals surface area (Å²) in [6.07, 6.45) is 13.6. The van der Waals surface area contributed by atoms with Crippen molar-refractivity contribution in [2.45, 2.75) is 89.3 Å². The van der Waals surface area contributed by atoms with Crippen LogP contribution in [0, 0.1) is 0 Å². The first-order chi connectivity index (χ1) is 20.1. The lowest BCUT2D eigenvalue weighted by Crippen LogP contribution is -2.24. The van der Waals surface area contributed by atoms with Crippen molar-refractivity contribution in [1.82, 2.24) is 24.8 Å². The van der Waals surface area contributed by atoms with Crippen molar-refractivity contribution in [2.75, 3.05) is 30.9 Å². The van der Waals surface area contributed by atoms with E-state index in [1.807, 2.05) is 23.0 Å². The van der Waals surface area contributed by atoms with E-state index in [1.165, 1.54) is 26.4 Å². The van der Waals surface area contributed by atoms with Crippen LogP contribution in [0.5, 0.6) is 0 Å². The van der Waals surface area contributed by atoms with E-state index in [4.69, 9.17) is 19.7 Å². The number of anilines is 3. The maximum Gasteiger partial charge on any atom is 0.305 e. The summed E-state index contributed by atoms with van der Waals surface area (Å²) in [5, 5.41) is 9.91. The predicted octanol–water partition coefficient (Wildman–Crippen LogP) is 5.48. The Morgan fingerprint density at radius 3 is 2.56 bits per heavy atom. The first-order valence-electron chi connectivity index (χ1n) is 15.0. The summed E-state index contributed by atoms with van der Waals surface area (Å²) in [7, 11) is 1.39. The van der Waals surface area contributed by atoms with Gasteiger partial charge in [-0.15, -0.1) is 0 Å². The molecule has 1 saturated carbocycles. The van der Waals surface area contributed by atoms with E-state index in [0.717, 1.165) is 80.6 Å². The van der Waals surface area contributed by atoms with Gasteiger partial charge in [-0.1, -0.05) is 25.7 Å². The molecule has 1 aliphatic carbocycles. The monoisotopic (exact) mass is 563 g/mol. The number of benzene rings is 1. The van der Waals surface area contributed by atoms with Crippen LogP contribution in [0.4, 0.5) is 17.5 Å². The molecule has 3 N–H and O–H groups in total. The lowest BCUT2D eigenvalue weighted by atomic mass is 9.95. The van der Waals surface area contributed by atoms with Gasteiger partial charge in [-0.3, -0.25) is 14.2 Å². The van der Waals surface area contributed by atoms with Crippen molar-refractivity contribution in [3.8, 4) is 0 Å². The van der Waals surface area contributed by atoms with Crippen LogP contribution in [0.25, 0.3) is 11.2 Å². The highest BCUT2D eigenvalue weighted by atomic mass is 16.5. The normalized spacial score (nSPS) is 17.7. The number of nitrogens with one attached hydrogen (secondary N) is 3. The molecule has 3 aromatic rings. The Hall–Kier alpha value is -3.73. The number of nitrogens with zero attached hydrogens (tertiary/aromatic N) is 4. The van der Waals surface area contributed by atoms with E-state index in [0.29, 0.717) is 30.5 Å². The number of amides is 1. The number of aromatic nitrogens is 4. The van der Waals surface area contributed by atoms with Crippen molar-refractivity contribution in [2.24, 2.45) is 0 Å². The summed E-state index contributed by atoms with van der Waals surface area (Å²) >= 11 is 0. The predicted molar refractivity (Wildman–Crippen MR) is 157 cm³/mol. The molecule has 1 aromatic carbocycles.